The summed E-state index contributed by atoms with van der Waals surface area (Å²) < 4.78 is 12.8. The lowest BCUT2D eigenvalue weighted by Crippen LogP contribution is -2.58. The highest BCUT2D eigenvalue weighted by Crippen LogP contribution is 2.41. The monoisotopic (exact) mass is 828 g/mol. The van der Waals surface area contributed by atoms with Crippen LogP contribution in [0.25, 0.3) is 39.7 Å². The normalized spacial score (nSPS) is 19.4. The van der Waals surface area contributed by atoms with Crippen LogP contribution in [0, 0.1) is 12.8 Å². The van der Waals surface area contributed by atoms with Crippen molar-refractivity contribution in [1.82, 2.24) is 45.8 Å². The van der Waals surface area contributed by atoms with E-state index in [-0.39, 0.29) is 28.1 Å². The Bertz CT molecular complexity index is 2390. The third-order valence-corrected chi connectivity index (χ3v) is 11.5. The van der Waals surface area contributed by atoms with Gasteiger partial charge in [0.05, 0.1) is 35.9 Å². The average molecular weight is 829 g/mol. The second-order valence-corrected chi connectivity index (χ2v) is 18.7. The second kappa shape index (κ2) is 17.3. The summed E-state index contributed by atoms with van der Waals surface area (Å²) in [4.78, 5) is 6.42. The summed E-state index contributed by atoms with van der Waals surface area (Å²) in [5.74, 6) is 3.16. The number of phenolic OH excluding ortho intramolecular Hbond substituents is 2. The minimum absolute atomic E-state index is 0.0273. The van der Waals surface area contributed by atoms with Gasteiger partial charge in [0.2, 0.25) is 5.89 Å². The highest BCUT2D eigenvalue weighted by Gasteiger charge is 2.38. The third kappa shape index (κ3) is 10.4. The zero-order valence-corrected chi connectivity index (χ0v) is 37.1. The Morgan fingerprint density at radius 1 is 0.869 bits per heavy atom. The summed E-state index contributed by atoms with van der Waals surface area (Å²) in [6, 6.07) is 19.3. The molecule has 14 heteroatoms. The molecule has 0 amide bonds. The minimum Gasteiger partial charge on any atom is -0.507 e. The fourth-order valence-corrected chi connectivity index (χ4v) is 9.51. The molecule has 2 saturated heterocycles. The van der Waals surface area contributed by atoms with Gasteiger partial charge in [0.1, 0.15) is 28.7 Å². The van der Waals surface area contributed by atoms with Gasteiger partial charge < -0.3 is 34.9 Å². The van der Waals surface area contributed by atoms with Crippen LogP contribution in [0.3, 0.4) is 0 Å². The van der Waals surface area contributed by atoms with E-state index in [0.29, 0.717) is 63.5 Å². The number of aromatic nitrogens is 7. The molecule has 0 spiro atoms. The molecule has 0 saturated carbocycles. The number of phenols is 2. The summed E-state index contributed by atoms with van der Waals surface area (Å²) in [6.07, 6.45) is 10.4. The molecule has 322 valence electrons. The number of hydrogen-bond donors (Lipinski definition) is 4. The van der Waals surface area contributed by atoms with Crippen LogP contribution in [0.15, 0.2) is 83.7 Å². The molecule has 61 heavy (non-hydrogen) atoms. The van der Waals surface area contributed by atoms with Crippen LogP contribution in [0.5, 0.6) is 17.2 Å². The van der Waals surface area contributed by atoms with Crippen molar-refractivity contribution in [3.63, 3.8) is 0 Å². The van der Waals surface area contributed by atoms with Gasteiger partial charge in [0.25, 0.3) is 0 Å². The van der Waals surface area contributed by atoms with Gasteiger partial charge in [-0.15, -0.1) is 10.2 Å². The van der Waals surface area contributed by atoms with E-state index in [1.807, 2.05) is 55.6 Å². The Balaban J connectivity index is 0.000000185. The van der Waals surface area contributed by atoms with E-state index in [2.05, 4.69) is 102 Å². The summed E-state index contributed by atoms with van der Waals surface area (Å²) in [7, 11) is 3.62. The number of nitrogens with one attached hydrogen (secondary N) is 2. The first-order valence-electron chi connectivity index (χ1n) is 21.0. The third-order valence-electron chi connectivity index (χ3n) is 11.5. The Morgan fingerprint density at radius 2 is 1.61 bits per heavy atom. The topological polar surface area (TPSA) is 172 Å². The number of aromatic hydroxyl groups is 2. The van der Waals surface area contributed by atoms with Crippen molar-refractivity contribution in [2.75, 3.05) is 19.1 Å². The van der Waals surface area contributed by atoms with Gasteiger partial charge in [0.15, 0.2) is 5.82 Å². The predicted octanol–water partition coefficient (Wildman–Crippen LogP) is 8.31. The molecule has 0 aliphatic carbocycles. The zero-order valence-electron chi connectivity index (χ0n) is 37.1. The van der Waals surface area contributed by atoms with Gasteiger partial charge in [-0.2, -0.15) is 15.3 Å². The van der Waals surface area contributed by atoms with Crippen LogP contribution in [0.1, 0.15) is 85.6 Å². The number of oxazole rings is 1. The SMILES string of the molecule is CC1(C)CC(Cc2ccc(-c3ccc(-n4cccn4)cc3O)nn2)CC(C)(C)N1.COc1cc(-c2ncc(C)o2)cc(O)c1-c1ccc(N(C)C2CC(C)NC(C)(C)C2)nn1. The molecule has 2 fully saturated rings. The van der Waals surface area contributed by atoms with Gasteiger partial charge in [-0.1, -0.05) is 0 Å². The van der Waals surface area contributed by atoms with Crippen molar-refractivity contribution in [1.29, 1.82) is 0 Å². The number of rotatable bonds is 9. The maximum Gasteiger partial charge on any atom is 0.226 e. The maximum absolute atomic E-state index is 10.8. The lowest BCUT2D eigenvalue weighted by Gasteiger charge is -2.46. The van der Waals surface area contributed by atoms with Crippen molar-refractivity contribution < 1.29 is 19.4 Å². The lowest BCUT2D eigenvalue weighted by atomic mass is 9.74. The number of anilines is 1. The summed E-state index contributed by atoms with van der Waals surface area (Å²) in [6.45, 7) is 17.6. The molecule has 8 rings (SSSR count). The summed E-state index contributed by atoms with van der Waals surface area (Å²) >= 11 is 0. The van der Waals surface area contributed by atoms with Crippen LogP contribution in [-0.2, 0) is 6.42 Å². The van der Waals surface area contributed by atoms with Gasteiger partial charge in [-0.05, 0) is 148 Å². The molecule has 2 aromatic carbocycles. The number of benzene rings is 2. The van der Waals surface area contributed by atoms with E-state index in [1.165, 1.54) is 0 Å². The highest BCUT2D eigenvalue weighted by molar-refractivity contribution is 5.78. The van der Waals surface area contributed by atoms with Gasteiger partial charge in [-0.25, -0.2) is 9.67 Å². The molecule has 14 nitrogen and oxygen atoms in total. The number of hydrogen-bond acceptors (Lipinski definition) is 13. The van der Waals surface area contributed by atoms with Gasteiger partial charge >= 0.3 is 0 Å². The minimum atomic E-state index is 0.0273. The van der Waals surface area contributed by atoms with Gasteiger partial charge in [-0.3, -0.25) is 0 Å². The van der Waals surface area contributed by atoms with Crippen LogP contribution in [-0.4, -0.2) is 88.2 Å². The van der Waals surface area contributed by atoms with Gasteiger partial charge in [0, 0.05) is 65.3 Å². The molecule has 6 aromatic rings. The summed E-state index contributed by atoms with van der Waals surface area (Å²) in [5, 5.41) is 50.5. The van der Waals surface area contributed by atoms with Crippen molar-refractivity contribution in [2.24, 2.45) is 5.92 Å². The standard InChI is InChI=1S/C24H31N5O3.C23H29N5O/c1-14-9-17(12-24(3,4)26-14)29(5)21-8-7-18(27-28-21)22-19(30)10-16(11-20(22)31-6)23-25-13-15(2)32-23;1-22(2)14-16(15-23(3,4)27-22)12-17-6-9-20(26-25-17)19-8-7-18(13-21(19)29)28-11-5-10-24-28/h7-8,10-11,13-14,17,26,30H,9,12H2,1-6H3;5-11,13,16,27,29H,12,14-15H2,1-4H3. The molecule has 4 N–H and O–H groups in total. The van der Waals surface area contributed by atoms with Crippen molar-refractivity contribution in [3.05, 3.63) is 90.7 Å². The lowest BCUT2D eigenvalue weighted by molar-refractivity contribution is 0.128. The maximum atomic E-state index is 10.8. The fourth-order valence-electron chi connectivity index (χ4n) is 9.51. The first kappa shape index (κ1) is 43.2. The zero-order chi connectivity index (χ0) is 43.7. The van der Waals surface area contributed by atoms with E-state index >= 15 is 0 Å². The van der Waals surface area contributed by atoms with E-state index in [1.54, 1.807) is 42.4 Å². The van der Waals surface area contributed by atoms with Crippen molar-refractivity contribution >= 4 is 5.82 Å². The average Bonchev–Trinajstić information content (AvgIpc) is 3.89. The first-order valence-corrected chi connectivity index (χ1v) is 21.0. The van der Waals surface area contributed by atoms with E-state index < -0.39 is 0 Å². The van der Waals surface area contributed by atoms with Crippen molar-refractivity contribution in [2.45, 2.75) is 116 Å². The molecule has 2 atom stereocenters. The smallest absolute Gasteiger partial charge is 0.226 e. The van der Waals surface area contributed by atoms with Crippen LogP contribution >= 0.6 is 0 Å². The molecule has 0 bridgehead atoms. The molecule has 2 aliphatic heterocycles. The Labute approximate surface area is 358 Å². The number of ether oxygens (including phenoxy) is 1. The molecular weight excluding hydrogens is 769 g/mol. The Hall–Kier alpha value is -5.86. The number of nitrogens with zero attached hydrogens (tertiary/aromatic N) is 8. The van der Waals surface area contributed by atoms with Crippen LogP contribution in [0.4, 0.5) is 5.82 Å². The quantitative estimate of drug-likeness (QED) is 0.110. The number of methoxy groups -OCH3 is 1. The highest BCUT2D eigenvalue weighted by atomic mass is 16.5. The molecule has 6 heterocycles. The largest absolute Gasteiger partial charge is 0.507 e. The molecule has 2 unspecified atom stereocenters. The predicted molar refractivity (Wildman–Crippen MR) is 238 cm³/mol. The fraction of sp³-hybridized carbons (Fsp3) is 0.447. The van der Waals surface area contributed by atoms with E-state index in [4.69, 9.17) is 9.15 Å². The molecule has 0 radical (unpaired) electrons. The van der Waals surface area contributed by atoms with E-state index in [0.717, 1.165) is 49.3 Å². The van der Waals surface area contributed by atoms with Crippen LogP contribution in [0.2, 0.25) is 0 Å². The molecule has 2 aliphatic rings. The van der Waals surface area contributed by atoms with Crippen molar-refractivity contribution in [3.8, 4) is 56.9 Å². The van der Waals surface area contributed by atoms with Crippen LogP contribution < -0.4 is 20.3 Å². The van der Waals surface area contributed by atoms with E-state index in [9.17, 15) is 10.2 Å². The summed E-state index contributed by atoms with van der Waals surface area (Å²) in [5.41, 5.74) is 5.12. The second-order valence-electron chi connectivity index (χ2n) is 18.7. The first-order chi connectivity index (χ1) is 28.9. The Kier molecular flexibility index (Phi) is 12.2. The Morgan fingerprint density at radius 3 is 2.20 bits per heavy atom. The molecule has 4 aromatic heterocycles. The number of aryl methyl sites for hydroxylation is 1. The number of piperidine rings is 2. The molecular formula is C47H60N10O4.